The van der Waals surface area contributed by atoms with Gasteiger partial charge in [-0.15, -0.1) is 0 Å². The van der Waals surface area contributed by atoms with Crippen LogP contribution < -0.4 is 0 Å². The van der Waals surface area contributed by atoms with Crippen molar-refractivity contribution >= 4 is 0 Å². The molecule has 4 nitrogen and oxygen atoms in total. The van der Waals surface area contributed by atoms with Gasteiger partial charge in [-0.2, -0.15) is 0 Å². The predicted molar refractivity (Wildman–Crippen MR) is 79.1 cm³/mol. The lowest BCUT2D eigenvalue weighted by molar-refractivity contribution is 0.0320. The standard InChI is InChI=1S/C17H21NO3/c1-18-8-7-17-6-5-12(19)9-14(17)21-16-13(20-2)4-3-11(10-18)15(16)17/h3-6,10,12,14-15,19H,7-9H2,1-2H3/t12-,14-,15?,17-/m0/s1/i10D. The lowest BCUT2D eigenvalue weighted by Crippen LogP contribution is -2.40. The Kier molecular flexibility index (Phi) is 2.50. The van der Waals surface area contributed by atoms with E-state index in [-0.39, 0.29) is 17.4 Å². The van der Waals surface area contributed by atoms with Crippen molar-refractivity contribution in [3.63, 3.8) is 0 Å². The highest BCUT2D eigenvalue weighted by atomic mass is 16.5. The van der Waals surface area contributed by atoms with Crippen LogP contribution in [0.15, 0.2) is 47.6 Å². The van der Waals surface area contributed by atoms with E-state index in [0.29, 0.717) is 12.6 Å². The summed E-state index contributed by atoms with van der Waals surface area (Å²) in [4.78, 5) is 2.00. The molecule has 4 heteroatoms. The number of hydrogen-bond acceptors (Lipinski definition) is 4. The molecule has 1 fully saturated rings. The van der Waals surface area contributed by atoms with Gasteiger partial charge in [0.25, 0.3) is 0 Å². The van der Waals surface area contributed by atoms with Gasteiger partial charge in [0.1, 0.15) is 11.9 Å². The molecule has 112 valence electrons. The topological polar surface area (TPSA) is 41.9 Å². The van der Waals surface area contributed by atoms with Crippen LogP contribution in [0.1, 0.15) is 14.2 Å². The molecule has 1 spiro atoms. The van der Waals surface area contributed by atoms with Crippen molar-refractivity contribution < 1.29 is 16.0 Å². The molecule has 21 heavy (non-hydrogen) atoms. The highest BCUT2D eigenvalue weighted by molar-refractivity contribution is 5.46. The smallest absolute Gasteiger partial charge is 0.157 e. The van der Waals surface area contributed by atoms with Crippen LogP contribution in [-0.2, 0) is 9.47 Å². The highest BCUT2D eigenvalue weighted by Crippen LogP contribution is 2.58. The second kappa shape index (κ2) is 4.41. The minimum Gasteiger partial charge on any atom is -0.493 e. The number of aliphatic hydroxyl groups is 1. The van der Waals surface area contributed by atoms with E-state index in [4.69, 9.17) is 10.8 Å². The van der Waals surface area contributed by atoms with Gasteiger partial charge in [0.2, 0.25) is 0 Å². The first-order chi connectivity index (χ1) is 10.6. The van der Waals surface area contributed by atoms with Crippen molar-refractivity contribution in [1.82, 2.24) is 4.90 Å². The Hall–Kier alpha value is -1.68. The van der Waals surface area contributed by atoms with Gasteiger partial charge in [-0.05, 0) is 18.1 Å². The molecule has 0 bridgehead atoms. The maximum atomic E-state index is 9.99. The number of hydrogen-bond donors (Lipinski definition) is 1. The number of ether oxygens (including phenoxy) is 2. The minimum atomic E-state index is -0.459. The highest BCUT2D eigenvalue weighted by Gasteiger charge is 2.58. The largest absolute Gasteiger partial charge is 0.493 e. The van der Waals surface area contributed by atoms with Gasteiger partial charge in [0.15, 0.2) is 5.76 Å². The van der Waals surface area contributed by atoms with Crippen molar-refractivity contribution in [3.05, 3.63) is 47.6 Å². The van der Waals surface area contributed by atoms with Crippen molar-refractivity contribution in [1.29, 1.82) is 0 Å². The Labute approximate surface area is 126 Å². The summed E-state index contributed by atoms with van der Waals surface area (Å²) in [6.45, 7) is 0.808. The molecule has 1 unspecified atom stereocenters. The fourth-order valence-corrected chi connectivity index (χ4v) is 4.09. The maximum absolute atomic E-state index is 9.99. The van der Waals surface area contributed by atoms with E-state index in [1.807, 2.05) is 30.2 Å². The Bertz CT molecular complexity index is 636. The first-order valence-corrected chi connectivity index (χ1v) is 7.49. The zero-order valence-corrected chi connectivity index (χ0v) is 12.4. The van der Waals surface area contributed by atoms with Crippen LogP contribution in [-0.4, -0.2) is 42.9 Å². The monoisotopic (exact) mass is 288 g/mol. The zero-order valence-electron chi connectivity index (χ0n) is 13.4. The van der Waals surface area contributed by atoms with E-state index >= 15 is 0 Å². The van der Waals surface area contributed by atoms with E-state index in [2.05, 4.69) is 6.08 Å². The summed E-state index contributed by atoms with van der Waals surface area (Å²) in [7, 11) is 3.61. The quantitative estimate of drug-likeness (QED) is 0.749. The Morgan fingerprint density at radius 2 is 2.38 bits per heavy atom. The van der Waals surface area contributed by atoms with Gasteiger partial charge in [0, 0.05) is 31.6 Å². The van der Waals surface area contributed by atoms with Gasteiger partial charge in [-0.25, -0.2) is 0 Å². The summed E-state index contributed by atoms with van der Waals surface area (Å²) in [6, 6.07) is 0. The van der Waals surface area contributed by atoms with Crippen LogP contribution in [0.4, 0.5) is 0 Å². The fourth-order valence-electron chi connectivity index (χ4n) is 4.09. The van der Waals surface area contributed by atoms with Crippen LogP contribution in [0.2, 0.25) is 0 Å². The van der Waals surface area contributed by atoms with Crippen molar-refractivity contribution in [2.75, 3.05) is 20.7 Å². The molecule has 4 aliphatic rings. The molecule has 0 aromatic rings. The number of aliphatic hydroxyl groups excluding tert-OH is 1. The average Bonchev–Trinajstić information content (AvgIpc) is 2.80. The van der Waals surface area contributed by atoms with Gasteiger partial charge in [-0.3, -0.25) is 0 Å². The van der Waals surface area contributed by atoms with Crippen molar-refractivity contribution in [3.8, 4) is 0 Å². The molecule has 1 saturated heterocycles. The second-order valence-electron chi connectivity index (χ2n) is 6.32. The predicted octanol–water partition coefficient (Wildman–Crippen LogP) is 1.96. The van der Waals surface area contributed by atoms with Gasteiger partial charge in [-0.1, -0.05) is 18.2 Å². The third kappa shape index (κ3) is 1.72. The average molecular weight is 288 g/mol. The van der Waals surface area contributed by atoms with Crippen LogP contribution in [0.25, 0.3) is 0 Å². The number of allylic oxidation sites excluding steroid dienone is 3. The first-order valence-electron chi connectivity index (χ1n) is 7.99. The summed E-state index contributed by atoms with van der Waals surface area (Å²) in [6.07, 6.45) is 9.42. The van der Waals surface area contributed by atoms with Crippen molar-refractivity contribution in [2.45, 2.75) is 25.0 Å². The van der Waals surface area contributed by atoms with E-state index in [1.54, 1.807) is 7.11 Å². The van der Waals surface area contributed by atoms with Crippen LogP contribution in [0.3, 0.4) is 0 Å². The molecule has 0 radical (unpaired) electrons. The molecule has 0 aromatic carbocycles. The van der Waals surface area contributed by atoms with Crippen LogP contribution >= 0.6 is 0 Å². The first kappa shape index (κ1) is 11.9. The fraction of sp³-hybridized carbons (Fsp3) is 0.529. The molecule has 1 N–H and O–H groups in total. The molecule has 4 rings (SSSR count). The minimum absolute atomic E-state index is 0.0126. The summed E-state index contributed by atoms with van der Waals surface area (Å²) in [5.41, 5.74) is 0.800. The molecule has 2 aliphatic carbocycles. The summed E-state index contributed by atoms with van der Waals surface area (Å²) in [5.74, 6) is 1.57. The Morgan fingerprint density at radius 1 is 1.52 bits per heavy atom. The molecular formula is C17H21NO3. The SMILES string of the molecule is [2H]C1=C2C=CC(OC)=C3O[C@H]4C[C@@H](O)C=C[C@@]4(CCN1C)C23. The molecule has 0 amide bonds. The third-order valence-electron chi connectivity index (χ3n) is 5.14. The lowest BCUT2D eigenvalue weighted by atomic mass is 9.64. The lowest BCUT2D eigenvalue weighted by Gasteiger charge is -2.38. The number of methoxy groups -OCH3 is 1. The van der Waals surface area contributed by atoms with Gasteiger partial charge in [0.05, 0.1) is 20.5 Å². The second-order valence-corrected chi connectivity index (χ2v) is 6.32. The van der Waals surface area contributed by atoms with E-state index < -0.39 is 6.10 Å². The van der Waals surface area contributed by atoms with Gasteiger partial charge < -0.3 is 19.5 Å². The maximum Gasteiger partial charge on any atom is 0.157 e. The zero-order chi connectivity index (χ0) is 15.5. The number of rotatable bonds is 1. The Morgan fingerprint density at radius 3 is 3.19 bits per heavy atom. The van der Waals surface area contributed by atoms with Crippen LogP contribution in [0.5, 0.6) is 0 Å². The summed E-state index contributed by atoms with van der Waals surface area (Å²) < 4.78 is 20.2. The molecule has 2 aliphatic heterocycles. The molecular weight excluding hydrogens is 266 g/mol. The Balaban J connectivity index is 1.93. The van der Waals surface area contributed by atoms with Crippen LogP contribution in [0, 0.1) is 11.3 Å². The van der Waals surface area contributed by atoms with E-state index in [1.165, 1.54) is 0 Å². The third-order valence-corrected chi connectivity index (χ3v) is 5.14. The summed E-state index contributed by atoms with van der Waals surface area (Å²) in [5, 5.41) is 9.99. The summed E-state index contributed by atoms with van der Waals surface area (Å²) >= 11 is 0. The molecule has 4 atom stereocenters. The molecule has 2 heterocycles. The van der Waals surface area contributed by atoms with E-state index in [0.717, 1.165) is 30.1 Å². The number of nitrogens with zero attached hydrogens (tertiary/aromatic N) is 1. The van der Waals surface area contributed by atoms with Crippen molar-refractivity contribution in [2.24, 2.45) is 11.3 Å². The normalized spacial score (nSPS) is 41.4. The van der Waals surface area contributed by atoms with E-state index in [9.17, 15) is 5.11 Å². The van der Waals surface area contributed by atoms with Gasteiger partial charge >= 0.3 is 0 Å². The molecule has 0 aromatic heterocycles. The molecule has 0 saturated carbocycles.